The first kappa shape index (κ1) is 16.4. The van der Waals surface area contributed by atoms with Crippen molar-refractivity contribution in [1.29, 1.82) is 0 Å². The Kier molecular flexibility index (Phi) is 5.26. The summed E-state index contributed by atoms with van der Waals surface area (Å²) in [5.74, 6) is -1.63. The summed E-state index contributed by atoms with van der Waals surface area (Å²) in [5.41, 5.74) is 1.17. The number of hydroxylamine groups is 2. The van der Waals surface area contributed by atoms with Crippen molar-refractivity contribution in [3.8, 4) is 0 Å². The monoisotopic (exact) mass is 611 g/mol. The summed E-state index contributed by atoms with van der Waals surface area (Å²) in [7, 11) is 0. The Hall–Kier alpha value is 0.0200. The maximum absolute atomic E-state index is 12.3. The number of halogens is 3. The molecule has 20 heavy (non-hydrogen) atoms. The van der Waals surface area contributed by atoms with Gasteiger partial charge in [0.25, 0.3) is 11.8 Å². The smallest absolute Gasteiger partial charge is 0.325 e. The molecule has 1 aromatic carbocycles. The molecular weight excluding hydrogens is 603 g/mol. The van der Waals surface area contributed by atoms with Crippen LogP contribution in [-0.4, -0.2) is 22.8 Å². The summed E-state index contributed by atoms with van der Waals surface area (Å²) >= 11 is 6.33. The van der Waals surface area contributed by atoms with E-state index in [1.807, 2.05) is 13.0 Å². The molecule has 0 unspecified atom stereocenters. The number of hydrogen-bond donors (Lipinski definition) is 0. The van der Waals surface area contributed by atoms with Gasteiger partial charge in [-0.2, -0.15) is 0 Å². The number of benzene rings is 1. The second-order valence-corrected chi connectivity index (χ2v) is 7.52. The van der Waals surface area contributed by atoms with Gasteiger partial charge < -0.3 is 4.84 Å². The fraction of sp³-hybridized carbons (Fsp3) is 0.250. The number of imide groups is 1. The maximum Gasteiger partial charge on any atom is 0.365 e. The average Bonchev–Trinajstić information content (AvgIpc) is 2.68. The summed E-state index contributed by atoms with van der Waals surface area (Å²) in [6.07, 6.45) is 0.179. The Morgan fingerprint density at radius 3 is 2.25 bits per heavy atom. The maximum atomic E-state index is 12.3. The topological polar surface area (TPSA) is 63.7 Å². The number of hydrogen-bond acceptors (Lipinski definition) is 4. The van der Waals surface area contributed by atoms with Crippen LogP contribution in [0.5, 0.6) is 0 Å². The molecule has 0 spiro atoms. The summed E-state index contributed by atoms with van der Waals surface area (Å²) in [4.78, 5) is 40.2. The van der Waals surface area contributed by atoms with Gasteiger partial charge in [0.1, 0.15) is 0 Å². The van der Waals surface area contributed by atoms with Gasteiger partial charge in [-0.05, 0) is 86.3 Å². The molecule has 1 aliphatic heterocycles. The molecule has 2 amide bonds. The van der Waals surface area contributed by atoms with Crippen molar-refractivity contribution in [3.05, 3.63) is 27.9 Å². The van der Waals surface area contributed by atoms with E-state index in [-0.39, 0.29) is 12.8 Å². The molecule has 1 aromatic rings. The van der Waals surface area contributed by atoms with Crippen molar-refractivity contribution in [3.63, 3.8) is 0 Å². The van der Waals surface area contributed by atoms with E-state index in [0.29, 0.717) is 10.6 Å². The molecule has 0 saturated carbocycles. The number of rotatable bonds is 2. The Bertz CT molecular complexity index is 587. The lowest BCUT2D eigenvalue weighted by Gasteiger charge is -2.15. The van der Waals surface area contributed by atoms with E-state index in [1.165, 1.54) is 0 Å². The third-order valence-corrected chi connectivity index (χ3v) is 6.92. The van der Waals surface area contributed by atoms with Crippen LogP contribution in [0.2, 0.25) is 0 Å². The van der Waals surface area contributed by atoms with Crippen molar-refractivity contribution >= 4 is 85.6 Å². The zero-order valence-electron chi connectivity index (χ0n) is 10.2. The number of carbonyl (C=O) groups excluding carboxylic acids is 3. The molecule has 1 aliphatic rings. The van der Waals surface area contributed by atoms with Crippen LogP contribution < -0.4 is 0 Å². The van der Waals surface area contributed by atoms with Crippen LogP contribution in [0.4, 0.5) is 0 Å². The molecule has 0 atom stereocenters. The van der Waals surface area contributed by atoms with Gasteiger partial charge in [0.15, 0.2) is 0 Å². The predicted octanol–water partition coefficient (Wildman–Crippen LogP) is 3.03. The Morgan fingerprint density at radius 1 is 1.15 bits per heavy atom. The van der Waals surface area contributed by atoms with Gasteiger partial charge in [0.2, 0.25) is 0 Å². The first-order valence-electron chi connectivity index (χ1n) is 5.55. The van der Waals surface area contributed by atoms with Crippen LogP contribution in [-0.2, 0) is 14.4 Å². The number of carbonyl (C=O) groups is 3. The lowest BCUT2D eigenvalue weighted by molar-refractivity contribution is -0.172. The predicted molar refractivity (Wildman–Crippen MR) is 95.8 cm³/mol. The van der Waals surface area contributed by atoms with Crippen molar-refractivity contribution in [2.75, 3.05) is 0 Å². The number of amides is 2. The third kappa shape index (κ3) is 3.10. The number of nitrogens with zero attached hydrogens (tertiary/aromatic N) is 1. The van der Waals surface area contributed by atoms with Crippen LogP contribution in [0.15, 0.2) is 6.07 Å². The first-order chi connectivity index (χ1) is 9.32. The Labute approximate surface area is 156 Å². The van der Waals surface area contributed by atoms with Crippen LogP contribution >= 0.6 is 67.8 Å². The standard InChI is InChI=1S/C12H8I3NO4/c1-5-6(13)4-7(14)11(15)10(5)12(19)20-16-8(17)2-3-9(16)18/h4H,2-3H2,1H3. The lowest BCUT2D eigenvalue weighted by Crippen LogP contribution is -2.32. The highest BCUT2D eigenvalue weighted by Gasteiger charge is 2.34. The van der Waals surface area contributed by atoms with Crippen LogP contribution in [0, 0.1) is 17.6 Å². The lowest BCUT2D eigenvalue weighted by atomic mass is 10.1. The van der Waals surface area contributed by atoms with E-state index in [0.717, 1.165) is 16.3 Å². The molecule has 0 bridgehead atoms. The zero-order valence-corrected chi connectivity index (χ0v) is 16.7. The van der Waals surface area contributed by atoms with Gasteiger partial charge in [-0.25, -0.2) is 4.79 Å². The molecule has 1 saturated heterocycles. The molecule has 106 valence electrons. The molecule has 0 N–H and O–H groups in total. The van der Waals surface area contributed by atoms with Gasteiger partial charge in [0.05, 0.1) is 5.56 Å². The third-order valence-electron chi connectivity index (χ3n) is 2.80. The molecule has 2 rings (SSSR count). The van der Waals surface area contributed by atoms with Gasteiger partial charge in [-0.15, -0.1) is 5.06 Å². The van der Waals surface area contributed by atoms with Crippen LogP contribution in [0.25, 0.3) is 0 Å². The largest absolute Gasteiger partial charge is 0.365 e. The summed E-state index contributed by atoms with van der Waals surface area (Å²) < 4.78 is 2.60. The molecular formula is C12H8I3NO4. The first-order valence-corrected chi connectivity index (χ1v) is 8.78. The van der Waals surface area contributed by atoms with E-state index >= 15 is 0 Å². The SMILES string of the molecule is Cc1c(I)cc(I)c(I)c1C(=O)ON1C(=O)CCC1=O. The molecule has 0 aliphatic carbocycles. The minimum atomic E-state index is -0.674. The fourth-order valence-electron chi connectivity index (χ4n) is 1.72. The molecule has 1 fully saturated rings. The molecule has 8 heteroatoms. The highest BCUT2D eigenvalue weighted by Crippen LogP contribution is 2.28. The Morgan fingerprint density at radius 2 is 1.70 bits per heavy atom. The van der Waals surface area contributed by atoms with Gasteiger partial charge in [0, 0.05) is 23.6 Å². The van der Waals surface area contributed by atoms with Crippen molar-refractivity contribution in [2.45, 2.75) is 19.8 Å². The second-order valence-electron chi connectivity index (χ2n) is 4.11. The van der Waals surface area contributed by atoms with Crippen molar-refractivity contribution in [1.82, 2.24) is 5.06 Å². The molecule has 0 aromatic heterocycles. The van der Waals surface area contributed by atoms with Crippen molar-refractivity contribution in [2.24, 2.45) is 0 Å². The van der Waals surface area contributed by atoms with Gasteiger partial charge in [-0.1, -0.05) is 0 Å². The molecule has 0 radical (unpaired) electrons. The zero-order chi connectivity index (χ0) is 15.0. The van der Waals surface area contributed by atoms with E-state index in [2.05, 4.69) is 67.8 Å². The normalized spacial score (nSPS) is 14.9. The van der Waals surface area contributed by atoms with E-state index in [1.54, 1.807) is 0 Å². The molecule has 1 heterocycles. The summed E-state index contributed by atoms with van der Waals surface area (Å²) in [6, 6.07) is 1.96. The highest BCUT2D eigenvalue weighted by atomic mass is 127. The summed E-state index contributed by atoms with van der Waals surface area (Å²) in [6.45, 7) is 1.81. The Balaban J connectivity index is 2.35. The fourth-order valence-corrected chi connectivity index (χ4v) is 4.25. The minimum Gasteiger partial charge on any atom is -0.325 e. The van der Waals surface area contributed by atoms with E-state index in [4.69, 9.17) is 4.84 Å². The minimum absolute atomic E-state index is 0.0893. The average molecular weight is 611 g/mol. The van der Waals surface area contributed by atoms with Crippen molar-refractivity contribution < 1.29 is 19.2 Å². The quantitative estimate of drug-likeness (QED) is 0.294. The van der Waals surface area contributed by atoms with Crippen LogP contribution in [0.3, 0.4) is 0 Å². The van der Waals surface area contributed by atoms with Gasteiger partial charge >= 0.3 is 5.97 Å². The van der Waals surface area contributed by atoms with Gasteiger partial charge in [-0.3, -0.25) is 9.59 Å². The highest BCUT2D eigenvalue weighted by molar-refractivity contribution is 14.1. The summed E-state index contributed by atoms with van der Waals surface area (Å²) in [5, 5.41) is 0.574. The van der Waals surface area contributed by atoms with Crippen LogP contribution in [0.1, 0.15) is 28.8 Å². The van der Waals surface area contributed by atoms with E-state index in [9.17, 15) is 14.4 Å². The molecule has 5 nitrogen and oxygen atoms in total. The second kappa shape index (κ2) is 6.42. The van der Waals surface area contributed by atoms with E-state index < -0.39 is 17.8 Å².